The van der Waals surface area contributed by atoms with Crippen molar-refractivity contribution in [3.8, 4) is 5.69 Å². The van der Waals surface area contributed by atoms with E-state index in [0.717, 1.165) is 36.1 Å². The monoisotopic (exact) mass is 442 g/mol. The van der Waals surface area contributed by atoms with Gasteiger partial charge in [0.1, 0.15) is 11.3 Å². The van der Waals surface area contributed by atoms with E-state index in [2.05, 4.69) is 30.6 Å². The molecule has 5 aromatic heterocycles. The highest BCUT2D eigenvalue weighted by Gasteiger charge is 2.26. The van der Waals surface area contributed by atoms with Crippen LogP contribution in [0.5, 0.6) is 0 Å². The number of oxazole rings is 1. The van der Waals surface area contributed by atoms with E-state index in [0.29, 0.717) is 23.1 Å². The summed E-state index contributed by atoms with van der Waals surface area (Å²) >= 11 is 0. The molecule has 10 nitrogen and oxygen atoms in total. The number of rotatable bonds is 5. The summed E-state index contributed by atoms with van der Waals surface area (Å²) in [6.07, 6.45) is 8.00. The lowest BCUT2D eigenvalue weighted by molar-refractivity contribution is 0.583. The smallest absolute Gasteiger partial charge is 0.334 e. The Balaban J connectivity index is 1.14. The summed E-state index contributed by atoms with van der Waals surface area (Å²) in [5.41, 5.74) is 3.22. The molecule has 1 fully saturated rings. The molecule has 1 aliphatic carbocycles. The SMILES string of the molecule is Cn1c(=O)n(-c2ccc(N[C@H]3CCC(Nc4nc5cccnc5o4)C3)nc2)c2ncccc21. The van der Waals surface area contributed by atoms with Crippen LogP contribution in [0.15, 0.2) is 64.2 Å². The van der Waals surface area contributed by atoms with Crippen molar-refractivity contribution in [3.05, 3.63) is 65.5 Å². The van der Waals surface area contributed by atoms with Crippen LogP contribution in [0, 0.1) is 0 Å². The maximum atomic E-state index is 12.7. The lowest BCUT2D eigenvalue weighted by Crippen LogP contribution is -2.22. The molecule has 0 aromatic carbocycles. The average molecular weight is 442 g/mol. The minimum Gasteiger partial charge on any atom is -0.404 e. The maximum Gasteiger partial charge on any atom is 0.334 e. The van der Waals surface area contributed by atoms with E-state index in [1.165, 1.54) is 0 Å². The van der Waals surface area contributed by atoms with Gasteiger partial charge in [-0.05, 0) is 55.7 Å². The highest BCUT2D eigenvalue weighted by atomic mass is 16.4. The van der Waals surface area contributed by atoms with Crippen LogP contribution in [-0.4, -0.2) is 41.2 Å². The van der Waals surface area contributed by atoms with Crippen LogP contribution in [0.2, 0.25) is 0 Å². The summed E-state index contributed by atoms with van der Waals surface area (Å²) in [5.74, 6) is 0.775. The van der Waals surface area contributed by atoms with Gasteiger partial charge in [-0.1, -0.05) is 0 Å². The Labute approximate surface area is 188 Å². The Morgan fingerprint density at radius 2 is 1.82 bits per heavy atom. The van der Waals surface area contributed by atoms with E-state index < -0.39 is 0 Å². The van der Waals surface area contributed by atoms with Crippen LogP contribution >= 0.6 is 0 Å². The third kappa shape index (κ3) is 3.49. The summed E-state index contributed by atoms with van der Waals surface area (Å²) < 4.78 is 8.85. The van der Waals surface area contributed by atoms with Gasteiger partial charge in [0.15, 0.2) is 5.65 Å². The number of imidazole rings is 1. The molecule has 5 heterocycles. The van der Waals surface area contributed by atoms with Crippen LogP contribution in [0.25, 0.3) is 28.1 Å². The van der Waals surface area contributed by atoms with Crippen LogP contribution in [-0.2, 0) is 7.05 Å². The molecule has 10 heteroatoms. The van der Waals surface area contributed by atoms with Gasteiger partial charge < -0.3 is 15.1 Å². The van der Waals surface area contributed by atoms with Gasteiger partial charge >= 0.3 is 5.69 Å². The third-order valence-electron chi connectivity index (χ3n) is 6.10. The summed E-state index contributed by atoms with van der Waals surface area (Å²) in [6, 6.07) is 12.3. The second-order valence-electron chi connectivity index (χ2n) is 8.27. The van der Waals surface area contributed by atoms with Gasteiger partial charge in [-0.3, -0.25) is 4.57 Å². The lowest BCUT2D eigenvalue weighted by atomic mass is 10.2. The zero-order valence-corrected chi connectivity index (χ0v) is 18.0. The Morgan fingerprint density at radius 3 is 2.64 bits per heavy atom. The first kappa shape index (κ1) is 19.5. The highest BCUT2D eigenvalue weighted by Crippen LogP contribution is 2.26. The van der Waals surface area contributed by atoms with Gasteiger partial charge in [0.25, 0.3) is 6.01 Å². The summed E-state index contributed by atoms with van der Waals surface area (Å²) in [4.78, 5) is 30.3. The second-order valence-corrected chi connectivity index (χ2v) is 8.27. The molecule has 0 radical (unpaired) electrons. The van der Waals surface area contributed by atoms with Crippen LogP contribution in [0.4, 0.5) is 11.8 Å². The average Bonchev–Trinajstić information content (AvgIpc) is 3.52. The molecule has 1 unspecified atom stereocenters. The molecule has 2 N–H and O–H groups in total. The number of hydrogen-bond acceptors (Lipinski definition) is 8. The standard InChI is InChI=1S/C23H22N8O2/c1-30-18-5-3-10-24-20(18)31(23(30)32)16-8-9-19(26-13-16)27-14-6-7-15(12-14)28-22-29-17-4-2-11-25-21(17)33-22/h2-5,8-11,13-15H,6-7,12H2,1H3,(H,26,27)(H,28,29)/t14-,15?/m0/s1. The van der Waals surface area contributed by atoms with Gasteiger partial charge in [-0.25, -0.2) is 24.3 Å². The van der Waals surface area contributed by atoms with E-state index in [4.69, 9.17) is 4.42 Å². The van der Waals surface area contributed by atoms with Gasteiger partial charge in [0.05, 0.1) is 17.4 Å². The fraction of sp³-hybridized carbons (Fsp3) is 0.261. The highest BCUT2D eigenvalue weighted by molar-refractivity contribution is 5.73. The molecular formula is C23H22N8O2. The molecule has 1 aliphatic rings. The number of hydrogen-bond donors (Lipinski definition) is 2. The van der Waals surface area contributed by atoms with Crippen molar-refractivity contribution in [2.45, 2.75) is 31.3 Å². The van der Waals surface area contributed by atoms with E-state index >= 15 is 0 Å². The first-order chi connectivity index (χ1) is 16.2. The van der Waals surface area contributed by atoms with Crippen molar-refractivity contribution < 1.29 is 4.42 Å². The fourth-order valence-electron chi connectivity index (χ4n) is 4.46. The van der Waals surface area contributed by atoms with Crippen molar-refractivity contribution in [2.24, 2.45) is 7.05 Å². The Bertz CT molecular complexity index is 1470. The quantitative estimate of drug-likeness (QED) is 0.427. The topological polar surface area (TPSA) is 116 Å². The molecule has 0 bridgehead atoms. The molecule has 0 spiro atoms. The molecule has 0 aliphatic heterocycles. The van der Waals surface area contributed by atoms with Gasteiger partial charge in [-0.2, -0.15) is 4.98 Å². The first-order valence-corrected chi connectivity index (χ1v) is 10.9. The van der Waals surface area contributed by atoms with Crippen molar-refractivity contribution in [3.63, 3.8) is 0 Å². The lowest BCUT2D eigenvalue weighted by Gasteiger charge is -2.14. The fourth-order valence-corrected chi connectivity index (χ4v) is 4.46. The third-order valence-corrected chi connectivity index (χ3v) is 6.10. The summed E-state index contributed by atoms with van der Waals surface area (Å²) in [7, 11) is 1.74. The number of nitrogens with zero attached hydrogens (tertiary/aromatic N) is 6. The van der Waals surface area contributed by atoms with E-state index in [-0.39, 0.29) is 17.8 Å². The number of aromatic nitrogens is 6. The Kier molecular flexibility index (Phi) is 4.56. The summed E-state index contributed by atoms with van der Waals surface area (Å²) in [5, 5.41) is 6.87. The van der Waals surface area contributed by atoms with Crippen LogP contribution in [0.3, 0.4) is 0 Å². The van der Waals surface area contributed by atoms with Crippen molar-refractivity contribution in [1.29, 1.82) is 0 Å². The minimum absolute atomic E-state index is 0.148. The summed E-state index contributed by atoms with van der Waals surface area (Å²) in [6.45, 7) is 0. The van der Waals surface area contributed by atoms with Crippen LogP contribution < -0.4 is 16.3 Å². The molecule has 6 rings (SSSR count). The Hall–Kier alpha value is -4.21. The van der Waals surface area contributed by atoms with Crippen molar-refractivity contribution in [2.75, 3.05) is 10.6 Å². The normalized spacial score (nSPS) is 18.2. The molecule has 2 atom stereocenters. The van der Waals surface area contributed by atoms with E-state index in [9.17, 15) is 4.79 Å². The number of nitrogens with one attached hydrogen (secondary N) is 2. The first-order valence-electron chi connectivity index (χ1n) is 10.9. The molecular weight excluding hydrogens is 420 g/mol. The number of aryl methyl sites for hydroxylation is 1. The number of anilines is 2. The molecule has 0 amide bonds. The second kappa shape index (κ2) is 7.73. The largest absolute Gasteiger partial charge is 0.404 e. The van der Waals surface area contributed by atoms with Crippen molar-refractivity contribution >= 4 is 34.2 Å². The molecule has 5 aromatic rings. The van der Waals surface area contributed by atoms with Gasteiger partial charge in [0.2, 0.25) is 5.71 Å². The van der Waals surface area contributed by atoms with Gasteiger partial charge in [-0.15, -0.1) is 0 Å². The van der Waals surface area contributed by atoms with Crippen molar-refractivity contribution in [1.82, 2.24) is 29.1 Å². The Morgan fingerprint density at radius 1 is 1.00 bits per heavy atom. The number of fused-ring (bicyclic) bond motifs is 2. The maximum absolute atomic E-state index is 12.7. The molecule has 166 valence electrons. The molecule has 33 heavy (non-hydrogen) atoms. The predicted molar refractivity (Wildman–Crippen MR) is 125 cm³/mol. The number of pyridine rings is 3. The zero-order chi connectivity index (χ0) is 22.4. The predicted octanol–water partition coefficient (Wildman–Crippen LogP) is 3.10. The van der Waals surface area contributed by atoms with E-state index in [1.54, 1.807) is 34.8 Å². The van der Waals surface area contributed by atoms with Crippen LogP contribution in [0.1, 0.15) is 19.3 Å². The van der Waals surface area contributed by atoms with Gasteiger partial charge in [0, 0.05) is 31.5 Å². The zero-order valence-electron chi connectivity index (χ0n) is 18.0. The molecule has 1 saturated carbocycles. The van der Waals surface area contributed by atoms with E-state index in [1.807, 2.05) is 36.4 Å². The minimum atomic E-state index is -0.148. The molecule has 0 saturated heterocycles.